The van der Waals surface area contributed by atoms with Gasteiger partial charge in [-0.25, -0.2) is 13.4 Å². The Labute approximate surface area is 122 Å². The van der Waals surface area contributed by atoms with E-state index < -0.39 is 9.84 Å². The maximum absolute atomic E-state index is 12.5. The van der Waals surface area contributed by atoms with Crippen LogP contribution in [-0.2, 0) is 15.6 Å². The second kappa shape index (κ2) is 4.89. The van der Waals surface area contributed by atoms with Crippen LogP contribution in [0.3, 0.4) is 0 Å². The second-order valence-electron chi connectivity index (χ2n) is 4.98. The van der Waals surface area contributed by atoms with E-state index in [1.54, 1.807) is 43.3 Å². The molecule has 21 heavy (non-hydrogen) atoms. The topological polar surface area (TPSA) is 88.8 Å². The fraction of sp³-hybridized carbons (Fsp3) is 0.133. The van der Waals surface area contributed by atoms with Gasteiger partial charge in [0.25, 0.3) is 0 Å². The highest BCUT2D eigenvalue weighted by atomic mass is 32.2. The van der Waals surface area contributed by atoms with Gasteiger partial charge in [-0.15, -0.1) is 0 Å². The lowest BCUT2D eigenvalue weighted by Gasteiger charge is -2.05. The van der Waals surface area contributed by atoms with Crippen LogP contribution in [0.25, 0.3) is 11.0 Å². The molecule has 3 rings (SSSR count). The first-order valence-corrected chi connectivity index (χ1v) is 8.13. The summed E-state index contributed by atoms with van der Waals surface area (Å²) >= 11 is 0. The van der Waals surface area contributed by atoms with Gasteiger partial charge in [-0.2, -0.15) is 0 Å². The molecule has 0 unspecified atom stereocenters. The summed E-state index contributed by atoms with van der Waals surface area (Å²) in [4.78, 5) is 7.65. The lowest BCUT2D eigenvalue weighted by Crippen LogP contribution is -2.07. The summed E-state index contributed by atoms with van der Waals surface area (Å²) in [5, 5.41) is 0. The molecule has 0 saturated carbocycles. The zero-order chi connectivity index (χ0) is 15.0. The van der Waals surface area contributed by atoms with Crippen molar-refractivity contribution >= 4 is 26.6 Å². The normalized spacial score (nSPS) is 11.9. The first-order chi connectivity index (χ1) is 9.95. The van der Waals surface area contributed by atoms with Crippen LogP contribution in [-0.4, -0.2) is 18.4 Å². The van der Waals surface area contributed by atoms with Gasteiger partial charge in [0.15, 0.2) is 9.84 Å². The van der Waals surface area contributed by atoms with Crippen LogP contribution in [0.15, 0.2) is 47.4 Å². The van der Waals surface area contributed by atoms with E-state index in [4.69, 9.17) is 5.73 Å². The number of hydrogen-bond donors (Lipinski definition) is 2. The lowest BCUT2D eigenvalue weighted by atomic mass is 10.2. The number of aryl methyl sites for hydroxylation is 1. The maximum Gasteiger partial charge on any atom is 0.185 e. The molecule has 0 fully saturated rings. The second-order valence-corrected chi connectivity index (χ2v) is 6.94. The number of imidazole rings is 1. The summed E-state index contributed by atoms with van der Waals surface area (Å²) < 4.78 is 25.0. The lowest BCUT2D eigenvalue weighted by molar-refractivity contribution is 0.593. The summed E-state index contributed by atoms with van der Waals surface area (Å²) in [6, 6.07) is 12.2. The fourth-order valence-corrected chi connectivity index (χ4v) is 3.81. The fourth-order valence-electron chi connectivity index (χ4n) is 2.31. The average Bonchev–Trinajstić information content (AvgIpc) is 2.79. The number of fused-ring (bicyclic) bond motifs is 1. The van der Waals surface area contributed by atoms with Crippen molar-refractivity contribution < 1.29 is 8.42 Å². The largest absolute Gasteiger partial charge is 0.399 e. The Morgan fingerprint density at radius 2 is 1.95 bits per heavy atom. The van der Waals surface area contributed by atoms with Crippen molar-refractivity contribution in [2.75, 3.05) is 5.73 Å². The maximum atomic E-state index is 12.5. The number of anilines is 1. The van der Waals surface area contributed by atoms with E-state index in [0.29, 0.717) is 21.9 Å². The van der Waals surface area contributed by atoms with Crippen LogP contribution in [0.2, 0.25) is 0 Å². The van der Waals surface area contributed by atoms with Gasteiger partial charge in [0, 0.05) is 5.69 Å². The standard InChI is InChI=1S/C15H15N3O2S/c1-10-4-2-3-5-14(10)21(19,20)9-15-17-12-7-6-11(16)8-13(12)18-15/h2-8H,9,16H2,1H3,(H,17,18). The van der Waals surface area contributed by atoms with Gasteiger partial charge in [-0.1, -0.05) is 18.2 Å². The zero-order valence-corrected chi connectivity index (χ0v) is 12.3. The number of hydrogen-bond acceptors (Lipinski definition) is 4. The van der Waals surface area contributed by atoms with Crippen LogP contribution in [0.4, 0.5) is 5.69 Å². The number of nitrogens with zero attached hydrogens (tertiary/aromatic N) is 1. The molecule has 5 nitrogen and oxygen atoms in total. The molecule has 0 saturated heterocycles. The molecule has 0 aliphatic rings. The molecule has 108 valence electrons. The van der Waals surface area contributed by atoms with Gasteiger partial charge in [0.05, 0.1) is 15.9 Å². The van der Waals surface area contributed by atoms with Crippen molar-refractivity contribution in [3.8, 4) is 0 Å². The van der Waals surface area contributed by atoms with Crippen molar-refractivity contribution in [2.24, 2.45) is 0 Å². The summed E-state index contributed by atoms with van der Waals surface area (Å²) in [6.45, 7) is 1.78. The monoisotopic (exact) mass is 301 g/mol. The third-order valence-corrected chi connectivity index (χ3v) is 5.09. The SMILES string of the molecule is Cc1ccccc1S(=O)(=O)Cc1nc2ccc(N)cc2[nH]1. The Balaban J connectivity index is 1.99. The van der Waals surface area contributed by atoms with E-state index in [0.717, 1.165) is 11.1 Å². The molecule has 3 N–H and O–H groups in total. The quantitative estimate of drug-likeness (QED) is 0.727. The number of H-pyrrole nitrogens is 1. The molecule has 0 aliphatic carbocycles. The van der Waals surface area contributed by atoms with Crippen molar-refractivity contribution in [1.82, 2.24) is 9.97 Å². The first kappa shape index (κ1) is 13.6. The molecule has 0 amide bonds. The zero-order valence-electron chi connectivity index (χ0n) is 11.5. The van der Waals surface area contributed by atoms with Gasteiger partial charge in [0.2, 0.25) is 0 Å². The van der Waals surface area contributed by atoms with Crippen molar-refractivity contribution in [2.45, 2.75) is 17.6 Å². The van der Waals surface area contributed by atoms with Crippen LogP contribution >= 0.6 is 0 Å². The van der Waals surface area contributed by atoms with E-state index in [9.17, 15) is 8.42 Å². The molecule has 0 bridgehead atoms. The smallest absolute Gasteiger partial charge is 0.185 e. The van der Waals surface area contributed by atoms with Crippen LogP contribution in [0.1, 0.15) is 11.4 Å². The minimum atomic E-state index is -3.43. The highest BCUT2D eigenvalue weighted by Crippen LogP contribution is 2.21. The predicted octanol–water partition coefficient (Wildman–Crippen LogP) is 2.43. The van der Waals surface area contributed by atoms with E-state index in [2.05, 4.69) is 9.97 Å². The molecule has 1 aromatic heterocycles. The number of aromatic nitrogens is 2. The molecule has 0 aliphatic heterocycles. The number of aromatic amines is 1. The predicted molar refractivity (Wildman–Crippen MR) is 82.6 cm³/mol. The Bertz CT molecular complexity index is 914. The van der Waals surface area contributed by atoms with Crippen molar-refractivity contribution in [3.05, 3.63) is 53.9 Å². The Morgan fingerprint density at radius 3 is 2.71 bits per heavy atom. The van der Waals surface area contributed by atoms with E-state index in [1.165, 1.54) is 0 Å². The number of rotatable bonds is 3. The molecule has 0 radical (unpaired) electrons. The number of nitrogens with two attached hydrogens (primary N) is 1. The van der Waals surface area contributed by atoms with E-state index in [1.807, 2.05) is 6.07 Å². The van der Waals surface area contributed by atoms with Crippen LogP contribution < -0.4 is 5.73 Å². The van der Waals surface area contributed by atoms with E-state index >= 15 is 0 Å². The highest BCUT2D eigenvalue weighted by Gasteiger charge is 2.19. The molecular formula is C15H15N3O2S. The molecule has 6 heteroatoms. The molecular weight excluding hydrogens is 286 g/mol. The summed E-state index contributed by atoms with van der Waals surface area (Å²) in [6.07, 6.45) is 0. The molecule has 1 heterocycles. The van der Waals surface area contributed by atoms with Gasteiger partial charge >= 0.3 is 0 Å². The number of nitrogens with one attached hydrogen (secondary N) is 1. The Hall–Kier alpha value is -2.34. The number of benzene rings is 2. The minimum absolute atomic E-state index is 0.160. The van der Waals surface area contributed by atoms with Gasteiger partial charge in [0.1, 0.15) is 11.6 Å². The highest BCUT2D eigenvalue weighted by molar-refractivity contribution is 7.90. The molecule has 0 atom stereocenters. The number of nitrogen functional groups attached to an aromatic ring is 1. The average molecular weight is 301 g/mol. The molecule has 3 aromatic rings. The van der Waals surface area contributed by atoms with Gasteiger partial charge < -0.3 is 10.7 Å². The van der Waals surface area contributed by atoms with Gasteiger partial charge in [-0.05, 0) is 36.8 Å². The summed E-state index contributed by atoms with van der Waals surface area (Å²) in [5.41, 5.74) is 8.50. The first-order valence-electron chi connectivity index (χ1n) is 6.48. The third kappa shape index (κ3) is 2.62. The Kier molecular flexibility index (Phi) is 3.17. The Morgan fingerprint density at radius 1 is 1.19 bits per heavy atom. The molecule has 2 aromatic carbocycles. The van der Waals surface area contributed by atoms with Gasteiger partial charge in [-0.3, -0.25) is 0 Å². The van der Waals surface area contributed by atoms with Crippen molar-refractivity contribution in [3.63, 3.8) is 0 Å². The minimum Gasteiger partial charge on any atom is -0.399 e. The summed E-state index contributed by atoms with van der Waals surface area (Å²) in [5.74, 6) is 0.255. The van der Waals surface area contributed by atoms with Crippen LogP contribution in [0.5, 0.6) is 0 Å². The molecule has 0 spiro atoms. The number of sulfone groups is 1. The third-order valence-electron chi connectivity index (χ3n) is 3.31. The van der Waals surface area contributed by atoms with Crippen LogP contribution in [0, 0.1) is 6.92 Å². The van der Waals surface area contributed by atoms with Crippen molar-refractivity contribution in [1.29, 1.82) is 0 Å². The summed E-state index contributed by atoms with van der Waals surface area (Å²) in [7, 11) is -3.43. The van der Waals surface area contributed by atoms with E-state index in [-0.39, 0.29) is 5.75 Å².